The van der Waals surface area contributed by atoms with Gasteiger partial charge in [-0.15, -0.1) is 0 Å². The number of Topliss-reactive ketones (excluding diaryl/α,β-unsaturated/α-hetero) is 1. The molecule has 7 nitrogen and oxygen atoms in total. The van der Waals surface area contributed by atoms with Gasteiger partial charge in [0, 0.05) is 24.2 Å². The fourth-order valence-electron chi connectivity index (χ4n) is 3.52. The molecule has 0 bridgehead atoms. The summed E-state index contributed by atoms with van der Waals surface area (Å²) in [5, 5.41) is 0. The van der Waals surface area contributed by atoms with Gasteiger partial charge in [0.05, 0.1) is 27.4 Å². The number of carbonyl (C=O) groups excluding carboxylic acids is 1. The van der Waals surface area contributed by atoms with Crippen LogP contribution in [-0.4, -0.2) is 51.0 Å². The molecule has 0 unspecified atom stereocenters. The van der Waals surface area contributed by atoms with E-state index in [2.05, 4.69) is 0 Å². The van der Waals surface area contributed by atoms with Crippen molar-refractivity contribution in [3.8, 4) is 11.5 Å². The van der Waals surface area contributed by atoms with Gasteiger partial charge in [0.2, 0.25) is 0 Å². The lowest BCUT2D eigenvalue weighted by Gasteiger charge is -2.34. The van der Waals surface area contributed by atoms with Crippen LogP contribution < -0.4 is 9.47 Å². The molecule has 1 aliphatic rings. The Morgan fingerprint density at radius 2 is 1.18 bits per heavy atom. The Bertz CT molecular complexity index is 980. The molecule has 1 saturated heterocycles. The number of benzene rings is 2. The third-order valence-corrected chi connectivity index (χ3v) is 7.28. The minimum Gasteiger partial charge on any atom is -0.497 e. The van der Waals surface area contributed by atoms with Crippen LogP contribution in [0.5, 0.6) is 11.5 Å². The fourth-order valence-corrected chi connectivity index (χ4v) is 5.23. The van der Waals surface area contributed by atoms with Crippen LogP contribution >= 0.6 is 7.75 Å². The van der Waals surface area contributed by atoms with E-state index in [9.17, 15) is 9.36 Å². The normalized spacial score (nSPS) is 17.5. The first-order chi connectivity index (χ1) is 15.9. The van der Waals surface area contributed by atoms with Gasteiger partial charge in [-0.3, -0.25) is 13.8 Å². The molecule has 0 radical (unpaired) electrons. The molecule has 176 valence electrons. The Balaban J connectivity index is 2.02. The summed E-state index contributed by atoms with van der Waals surface area (Å²) in [6.07, 6.45) is 3.61. The highest BCUT2D eigenvalue weighted by molar-refractivity contribution is 7.51. The van der Waals surface area contributed by atoms with Gasteiger partial charge in [-0.1, -0.05) is 24.3 Å². The Hall–Kier alpha value is -2.70. The first-order valence-corrected chi connectivity index (χ1v) is 12.3. The number of nitrogens with zero attached hydrogens (tertiary/aromatic N) is 1. The van der Waals surface area contributed by atoms with Gasteiger partial charge in [-0.25, -0.2) is 4.57 Å². The molecule has 1 heterocycles. The Morgan fingerprint density at radius 1 is 0.788 bits per heavy atom. The van der Waals surface area contributed by atoms with Crippen LogP contribution in [0, 0.1) is 0 Å². The van der Waals surface area contributed by atoms with Crippen molar-refractivity contribution in [1.29, 1.82) is 0 Å². The fraction of sp³-hybridized carbons (Fsp3) is 0.320. The maximum atomic E-state index is 13.5. The van der Waals surface area contributed by atoms with E-state index in [-0.39, 0.29) is 32.1 Å². The van der Waals surface area contributed by atoms with Crippen molar-refractivity contribution in [1.82, 2.24) is 4.67 Å². The van der Waals surface area contributed by atoms with Gasteiger partial charge in [0.15, 0.2) is 5.78 Å². The van der Waals surface area contributed by atoms with Crippen molar-refractivity contribution in [2.75, 3.05) is 40.5 Å². The molecule has 1 aliphatic heterocycles. The molecule has 3 rings (SSSR count). The number of piperidine rings is 1. The Kier molecular flexibility index (Phi) is 8.64. The van der Waals surface area contributed by atoms with Crippen LogP contribution in [0.4, 0.5) is 0 Å². The number of carbonyl (C=O) groups is 1. The smallest absolute Gasteiger partial charge is 0.408 e. The average molecular weight is 471 g/mol. The molecule has 2 aromatic rings. The van der Waals surface area contributed by atoms with E-state index in [1.54, 1.807) is 44.9 Å². The molecule has 2 aromatic carbocycles. The zero-order valence-electron chi connectivity index (χ0n) is 19.4. The van der Waals surface area contributed by atoms with Crippen LogP contribution in [-0.2, 0) is 18.4 Å². The molecule has 0 saturated carbocycles. The first-order valence-electron chi connectivity index (χ1n) is 10.8. The number of ketones is 1. The van der Waals surface area contributed by atoms with E-state index >= 15 is 0 Å². The lowest BCUT2D eigenvalue weighted by molar-refractivity contribution is -0.113. The molecule has 0 atom stereocenters. The minimum atomic E-state index is -3.57. The molecule has 1 fully saturated rings. The monoisotopic (exact) mass is 471 g/mol. The lowest BCUT2D eigenvalue weighted by Crippen LogP contribution is -2.36. The summed E-state index contributed by atoms with van der Waals surface area (Å²) in [6.45, 7) is 4.31. The van der Waals surface area contributed by atoms with Gasteiger partial charge >= 0.3 is 7.75 Å². The molecule has 8 heteroatoms. The van der Waals surface area contributed by atoms with Gasteiger partial charge < -0.3 is 9.47 Å². The van der Waals surface area contributed by atoms with E-state index in [1.807, 2.05) is 48.5 Å². The molecule has 0 amide bonds. The SMILES string of the molecule is CCOP(=O)(OCC)N1C/C(=C/c2ccc(OC)cc2)C(=O)/C(=C\c2ccc(OC)cc2)C1. The van der Waals surface area contributed by atoms with Crippen molar-refractivity contribution < 1.29 is 27.9 Å². The molecule has 33 heavy (non-hydrogen) atoms. The molecule has 0 aromatic heterocycles. The molecule has 0 spiro atoms. The van der Waals surface area contributed by atoms with Gasteiger partial charge in [-0.05, 0) is 61.4 Å². The minimum absolute atomic E-state index is 0.0996. The average Bonchev–Trinajstić information content (AvgIpc) is 2.82. The second-order valence-corrected chi connectivity index (χ2v) is 9.36. The largest absolute Gasteiger partial charge is 0.497 e. The predicted molar refractivity (Wildman–Crippen MR) is 129 cm³/mol. The second kappa shape index (κ2) is 11.4. The van der Waals surface area contributed by atoms with E-state index in [0.717, 1.165) is 22.6 Å². The van der Waals surface area contributed by atoms with Gasteiger partial charge in [0.25, 0.3) is 0 Å². The quantitative estimate of drug-likeness (QED) is 0.366. The number of methoxy groups -OCH3 is 2. The van der Waals surface area contributed by atoms with Crippen molar-refractivity contribution in [2.24, 2.45) is 0 Å². The molecular formula is C25H30NO6P. The highest BCUT2D eigenvalue weighted by Gasteiger charge is 2.39. The summed E-state index contributed by atoms with van der Waals surface area (Å²) in [6, 6.07) is 14.8. The number of rotatable bonds is 9. The topological polar surface area (TPSA) is 74.3 Å². The highest BCUT2D eigenvalue weighted by atomic mass is 31.2. The summed E-state index contributed by atoms with van der Waals surface area (Å²) >= 11 is 0. The van der Waals surface area contributed by atoms with Crippen LogP contribution in [0.3, 0.4) is 0 Å². The molecule has 0 aliphatic carbocycles. The van der Waals surface area contributed by atoms with Crippen LogP contribution in [0.25, 0.3) is 12.2 Å². The molecule has 0 N–H and O–H groups in total. The summed E-state index contributed by atoms with van der Waals surface area (Å²) in [4.78, 5) is 13.4. The van der Waals surface area contributed by atoms with Crippen molar-refractivity contribution in [3.05, 3.63) is 70.8 Å². The third kappa shape index (κ3) is 6.21. The highest BCUT2D eigenvalue weighted by Crippen LogP contribution is 2.53. The summed E-state index contributed by atoms with van der Waals surface area (Å²) < 4.78 is 36.7. The summed E-state index contributed by atoms with van der Waals surface area (Å²) in [5.74, 6) is 1.36. The van der Waals surface area contributed by atoms with Crippen LogP contribution in [0.15, 0.2) is 59.7 Å². The van der Waals surface area contributed by atoms with Crippen molar-refractivity contribution in [2.45, 2.75) is 13.8 Å². The molecular weight excluding hydrogens is 441 g/mol. The lowest BCUT2D eigenvalue weighted by atomic mass is 9.95. The van der Waals surface area contributed by atoms with Crippen molar-refractivity contribution >= 4 is 25.7 Å². The number of hydrogen-bond donors (Lipinski definition) is 0. The van der Waals surface area contributed by atoms with Crippen molar-refractivity contribution in [3.63, 3.8) is 0 Å². The predicted octanol–water partition coefficient (Wildman–Crippen LogP) is 5.24. The van der Waals surface area contributed by atoms with E-state index in [1.165, 1.54) is 0 Å². The maximum absolute atomic E-state index is 13.5. The summed E-state index contributed by atoms with van der Waals surface area (Å²) in [7, 11) is -0.367. The summed E-state index contributed by atoms with van der Waals surface area (Å²) in [5.41, 5.74) is 2.69. The van der Waals surface area contributed by atoms with Crippen LogP contribution in [0.1, 0.15) is 25.0 Å². The zero-order chi connectivity index (χ0) is 23.8. The maximum Gasteiger partial charge on any atom is 0.408 e. The first kappa shape index (κ1) is 24.9. The third-order valence-electron chi connectivity index (χ3n) is 5.13. The van der Waals surface area contributed by atoms with Crippen LogP contribution in [0.2, 0.25) is 0 Å². The second-order valence-electron chi connectivity index (χ2n) is 7.34. The van der Waals surface area contributed by atoms with E-state index in [0.29, 0.717) is 11.1 Å². The Morgan fingerprint density at radius 3 is 1.52 bits per heavy atom. The number of ether oxygens (including phenoxy) is 2. The Labute approximate surface area is 195 Å². The van der Waals surface area contributed by atoms with E-state index in [4.69, 9.17) is 18.5 Å². The number of hydrogen-bond acceptors (Lipinski definition) is 6. The standard InChI is InChI=1S/C25H30NO6P/c1-5-31-33(28,32-6-2)26-17-21(15-19-7-11-23(29-3)12-8-19)25(27)22(18-26)16-20-9-13-24(30-4)14-10-20/h7-16H,5-6,17-18H2,1-4H3/b21-15-,22-16-. The van der Waals surface area contributed by atoms with E-state index < -0.39 is 7.75 Å². The van der Waals surface area contributed by atoms with Gasteiger partial charge in [-0.2, -0.15) is 4.67 Å². The zero-order valence-corrected chi connectivity index (χ0v) is 20.3. The van der Waals surface area contributed by atoms with Gasteiger partial charge in [0.1, 0.15) is 11.5 Å².